The number of aryl methyl sites for hydroxylation is 1. The highest BCUT2D eigenvalue weighted by Gasteiger charge is 2.22. The second kappa shape index (κ2) is 6.33. The van der Waals surface area contributed by atoms with Crippen molar-refractivity contribution < 1.29 is 4.74 Å². The van der Waals surface area contributed by atoms with E-state index in [-0.39, 0.29) is 0 Å². The minimum Gasteiger partial charge on any atom is -0.377 e. The number of ether oxygens (including phenoxy) is 1. The second-order valence-electron chi connectivity index (χ2n) is 5.55. The predicted molar refractivity (Wildman–Crippen MR) is 77.7 cm³/mol. The molecule has 0 aliphatic carbocycles. The number of nitrogens with zero attached hydrogens (tertiary/aromatic N) is 3. The van der Waals surface area contributed by atoms with Gasteiger partial charge in [-0.2, -0.15) is 0 Å². The Balaban J connectivity index is 2.16. The van der Waals surface area contributed by atoms with Crippen LogP contribution in [0.5, 0.6) is 0 Å². The number of rotatable bonds is 4. The van der Waals surface area contributed by atoms with Crippen molar-refractivity contribution in [2.45, 2.75) is 52.6 Å². The first-order chi connectivity index (χ1) is 9.10. The molecule has 0 saturated carbocycles. The molecule has 4 nitrogen and oxygen atoms in total. The van der Waals surface area contributed by atoms with E-state index >= 15 is 0 Å². The van der Waals surface area contributed by atoms with E-state index in [2.05, 4.69) is 36.7 Å². The maximum atomic E-state index is 5.76. The third-order valence-electron chi connectivity index (χ3n) is 3.48. The number of anilines is 1. The molecule has 0 spiro atoms. The molecule has 19 heavy (non-hydrogen) atoms. The van der Waals surface area contributed by atoms with Gasteiger partial charge in [-0.05, 0) is 26.7 Å². The lowest BCUT2D eigenvalue weighted by atomic mass is 10.1. The first-order valence-corrected chi connectivity index (χ1v) is 7.32. The Morgan fingerprint density at radius 2 is 2.21 bits per heavy atom. The van der Waals surface area contributed by atoms with Crippen molar-refractivity contribution in [2.75, 3.05) is 24.6 Å². The summed E-state index contributed by atoms with van der Waals surface area (Å²) < 4.78 is 5.76. The van der Waals surface area contributed by atoms with Crippen LogP contribution in [-0.4, -0.2) is 35.8 Å². The predicted octanol–water partition coefficient (Wildman–Crippen LogP) is 2.91. The van der Waals surface area contributed by atoms with Crippen LogP contribution in [-0.2, 0) is 4.74 Å². The third kappa shape index (κ3) is 3.66. The van der Waals surface area contributed by atoms with Crippen LogP contribution < -0.4 is 4.90 Å². The summed E-state index contributed by atoms with van der Waals surface area (Å²) in [5.41, 5.74) is 1.05. The van der Waals surface area contributed by atoms with Gasteiger partial charge >= 0.3 is 0 Å². The van der Waals surface area contributed by atoms with E-state index in [4.69, 9.17) is 9.72 Å². The fourth-order valence-electron chi connectivity index (χ4n) is 2.51. The Labute approximate surface area is 116 Å². The van der Waals surface area contributed by atoms with Gasteiger partial charge in [0, 0.05) is 37.4 Å². The molecule has 0 amide bonds. The number of hydrogen-bond acceptors (Lipinski definition) is 4. The van der Waals surface area contributed by atoms with Crippen LogP contribution in [0.25, 0.3) is 0 Å². The van der Waals surface area contributed by atoms with Crippen LogP contribution in [0.2, 0.25) is 0 Å². The Morgan fingerprint density at radius 3 is 2.89 bits per heavy atom. The van der Waals surface area contributed by atoms with Crippen LogP contribution in [0.15, 0.2) is 6.07 Å². The number of aromatic nitrogens is 2. The lowest BCUT2D eigenvalue weighted by Gasteiger charge is -2.33. The fraction of sp³-hybridized carbons (Fsp3) is 0.733. The van der Waals surface area contributed by atoms with E-state index in [1.54, 1.807) is 0 Å². The summed E-state index contributed by atoms with van der Waals surface area (Å²) in [4.78, 5) is 11.6. The molecule has 1 aliphatic rings. The average Bonchev–Trinajstić information content (AvgIpc) is 2.38. The van der Waals surface area contributed by atoms with Gasteiger partial charge < -0.3 is 9.64 Å². The summed E-state index contributed by atoms with van der Waals surface area (Å²) >= 11 is 0. The zero-order valence-corrected chi connectivity index (χ0v) is 12.5. The maximum absolute atomic E-state index is 5.76. The first-order valence-electron chi connectivity index (χ1n) is 7.32. The number of hydrogen-bond donors (Lipinski definition) is 0. The molecular weight excluding hydrogens is 238 g/mol. The molecule has 0 bridgehead atoms. The quantitative estimate of drug-likeness (QED) is 0.837. The van der Waals surface area contributed by atoms with Crippen LogP contribution in [0.4, 0.5) is 5.82 Å². The van der Waals surface area contributed by atoms with E-state index in [1.807, 2.05) is 6.92 Å². The van der Waals surface area contributed by atoms with Crippen molar-refractivity contribution >= 4 is 5.82 Å². The molecule has 1 saturated heterocycles. The maximum Gasteiger partial charge on any atom is 0.133 e. The molecule has 1 aliphatic heterocycles. The van der Waals surface area contributed by atoms with Crippen molar-refractivity contribution in [3.8, 4) is 0 Å². The average molecular weight is 263 g/mol. The molecular formula is C15H25N3O. The molecule has 0 aromatic carbocycles. The largest absolute Gasteiger partial charge is 0.377 e. The molecule has 1 aromatic rings. The summed E-state index contributed by atoms with van der Waals surface area (Å²) in [6.07, 6.45) is 2.67. The molecule has 1 aromatic heterocycles. The molecule has 4 heteroatoms. The minimum atomic E-state index is 0.344. The van der Waals surface area contributed by atoms with Crippen LogP contribution in [0.1, 0.15) is 51.0 Å². The molecule has 0 N–H and O–H groups in total. The summed E-state index contributed by atoms with van der Waals surface area (Å²) in [7, 11) is 0. The summed E-state index contributed by atoms with van der Waals surface area (Å²) in [5, 5.41) is 0. The fourth-order valence-corrected chi connectivity index (χ4v) is 2.51. The van der Waals surface area contributed by atoms with Crippen molar-refractivity contribution in [1.29, 1.82) is 0 Å². The lowest BCUT2D eigenvalue weighted by Crippen LogP contribution is -2.40. The van der Waals surface area contributed by atoms with Gasteiger partial charge in [-0.25, -0.2) is 9.97 Å². The Hall–Kier alpha value is -1.16. The van der Waals surface area contributed by atoms with Crippen LogP contribution in [0, 0.1) is 6.92 Å². The highest BCUT2D eigenvalue weighted by Crippen LogP contribution is 2.22. The van der Waals surface area contributed by atoms with Crippen molar-refractivity contribution in [3.63, 3.8) is 0 Å². The molecule has 2 heterocycles. The van der Waals surface area contributed by atoms with E-state index in [9.17, 15) is 0 Å². The monoisotopic (exact) mass is 263 g/mol. The Kier molecular flexibility index (Phi) is 4.75. The summed E-state index contributed by atoms with van der Waals surface area (Å²) in [6.45, 7) is 11.2. The van der Waals surface area contributed by atoms with E-state index < -0.39 is 0 Å². The van der Waals surface area contributed by atoms with Gasteiger partial charge in [0.05, 0.1) is 6.10 Å². The second-order valence-corrected chi connectivity index (χ2v) is 5.55. The molecule has 2 rings (SSSR count). The van der Waals surface area contributed by atoms with E-state index in [0.29, 0.717) is 12.0 Å². The Bertz CT molecular complexity index is 418. The third-order valence-corrected chi connectivity index (χ3v) is 3.48. The Morgan fingerprint density at radius 1 is 1.42 bits per heavy atom. The standard InChI is InChI=1S/C15H25N3O/c1-5-19-13-7-6-8-18(10-13)14-9-12(4)16-15(17-14)11(2)3/h9,11,13H,5-8,10H2,1-4H3. The van der Waals surface area contributed by atoms with Crippen LogP contribution >= 0.6 is 0 Å². The molecule has 1 atom stereocenters. The van der Waals surface area contributed by atoms with Gasteiger partial charge in [0.15, 0.2) is 0 Å². The van der Waals surface area contributed by atoms with Crippen LogP contribution in [0.3, 0.4) is 0 Å². The SMILES string of the molecule is CCOC1CCCN(c2cc(C)nc(C(C)C)n2)C1. The highest BCUT2D eigenvalue weighted by atomic mass is 16.5. The van der Waals surface area contributed by atoms with Gasteiger partial charge in [0.1, 0.15) is 11.6 Å². The topological polar surface area (TPSA) is 38.2 Å². The summed E-state index contributed by atoms with van der Waals surface area (Å²) in [6, 6.07) is 2.08. The zero-order chi connectivity index (χ0) is 13.8. The van der Waals surface area contributed by atoms with E-state index in [1.165, 1.54) is 6.42 Å². The molecule has 106 valence electrons. The number of piperidine rings is 1. The van der Waals surface area contributed by atoms with Gasteiger partial charge in [-0.1, -0.05) is 13.8 Å². The minimum absolute atomic E-state index is 0.344. The van der Waals surface area contributed by atoms with Gasteiger partial charge in [-0.3, -0.25) is 0 Å². The van der Waals surface area contributed by atoms with Gasteiger partial charge in [-0.15, -0.1) is 0 Å². The van der Waals surface area contributed by atoms with E-state index in [0.717, 1.165) is 43.5 Å². The molecule has 0 radical (unpaired) electrons. The molecule has 1 unspecified atom stereocenters. The zero-order valence-electron chi connectivity index (χ0n) is 12.5. The first kappa shape index (κ1) is 14.3. The van der Waals surface area contributed by atoms with Crippen molar-refractivity contribution in [3.05, 3.63) is 17.6 Å². The van der Waals surface area contributed by atoms with Crippen molar-refractivity contribution in [1.82, 2.24) is 9.97 Å². The smallest absolute Gasteiger partial charge is 0.133 e. The normalized spacial score (nSPS) is 20.1. The van der Waals surface area contributed by atoms with Gasteiger partial charge in [0.2, 0.25) is 0 Å². The molecule has 1 fully saturated rings. The lowest BCUT2D eigenvalue weighted by molar-refractivity contribution is 0.0525. The summed E-state index contributed by atoms with van der Waals surface area (Å²) in [5.74, 6) is 2.36. The highest BCUT2D eigenvalue weighted by molar-refractivity contribution is 5.40. The van der Waals surface area contributed by atoms with Crippen molar-refractivity contribution in [2.24, 2.45) is 0 Å². The van der Waals surface area contributed by atoms with Gasteiger partial charge in [0.25, 0.3) is 0 Å².